The molecule has 1 atom stereocenters. The number of nitriles is 1. The lowest BCUT2D eigenvalue weighted by atomic mass is 10.0. The van der Waals surface area contributed by atoms with Crippen LogP contribution in [0.5, 0.6) is 5.75 Å². The van der Waals surface area contributed by atoms with Crippen LogP contribution in [0.15, 0.2) is 84.0 Å². The minimum atomic E-state index is -0.751. The number of hydrogen-bond acceptors (Lipinski definition) is 5. The average Bonchev–Trinajstić information content (AvgIpc) is 2.86. The lowest BCUT2D eigenvalue weighted by Crippen LogP contribution is -2.48. The molecule has 7 heteroatoms. The first-order chi connectivity index (χ1) is 16.5. The number of carbonyl (C=O) groups excluding carboxylic acids is 2. The molecule has 3 aromatic carbocycles. The Hall–Kier alpha value is -4.44. The van der Waals surface area contributed by atoms with Gasteiger partial charge in [-0.05, 0) is 36.2 Å². The first-order valence-corrected chi connectivity index (χ1v) is 10.9. The maximum Gasteiger partial charge on any atom is 0.262 e. The molecule has 2 N–H and O–H groups in total. The molecule has 0 aromatic heterocycles. The van der Waals surface area contributed by atoms with Gasteiger partial charge in [0.2, 0.25) is 0 Å². The monoisotopic (exact) mass is 454 g/mol. The van der Waals surface area contributed by atoms with Crippen molar-refractivity contribution in [1.82, 2.24) is 10.7 Å². The summed E-state index contributed by atoms with van der Waals surface area (Å²) >= 11 is 0. The van der Waals surface area contributed by atoms with Gasteiger partial charge in [0.25, 0.3) is 11.8 Å². The Bertz CT molecular complexity index is 1200. The lowest BCUT2D eigenvalue weighted by Gasteiger charge is -2.20. The van der Waals surface area contributed by atoms with Crippen LogP contribution in [0.3, 0.4) is 0 Å². The molecule has 0 bridgehead atoms. The van der Waals surface area contributed by atoms with Crippen LogP contribution in [-0.2, 0) is 11.4 Å². The predicted octanol–water partition coefficient (Wildman–Crippen LogP) is 4.04. The number of rotatable bonds is 9. The van der Waals surface area contributed by atoms with Gasteiger partial charge in [0.15, 0.2) is 0 Å². The van der Waals surface area contributed by atoms with Gasteiger partial charge in [-0.25, -0.2) is 5.43 Å². The van der Waals surface area contributed by atoms with Crippen molar-refractivity contribution in [3.8, 4) is 11.8 Å². The SMILES string of the molecule is CC(C)C(NC(=O)c1ccccc1)C(=O)NN=Cc1ccccc1OCc1ccccc1C#N. The van der Waals surface area contributed by atoms with Gasteiger partial charge < -0.3 is 10.1 Å². The van der Waals surface area contributed by atoms with Crippen LogP contribution in [0, 0.1) is 17.2 Å². The highest BCUT2D eigenvalue weighted by molar-refractivity contribution is 5.97. The molecule has 34 heavy (non-hydrogen) atoms. The van der Waals surface area contributed by atoms with Crippen molar-refractivity contribution >= 4 is 18.0 Å². The standard InChI is InChI=1S/C27H26N4O3/c1-19(2)25(30-26(32)20-10-4-3-5-11-20)27(33)31-29-17-22-13-8-9-15-24(22)34-18-23-14-7-6-12-21(23)16-28/h3-15,17,19,25H,18H2,1-2H3,(H,30,32)(H,31,33). The van der Waals surface area contributed by atoms with Gasteiger partial charge in [-0.3, -0.25) is 9.59 Å². The zero-order chi connectivity index (χ0) is 24.3. The van der Waals surface area contributed by atoms with E-state index in [9.17, 15) is 14.9 Å². The van der Waals surface area contributed by atoms with Crippen molar-refractivity contribution in [2.75, 3.05) is 0 Å². The van der Waals surface area contributed by atoms with Gasteiger partial charge in [-0.2, -0.15) is 10.4 Å². The second kappa shape index (κ2) is 12.0. The summed E-state index contributed by atoms with van der Waals surface area (Å²) in [7, 11) is 0. The summed E-state index contributed by atoms with van der Waals surface area (Å²) in [6, 6.07) is 24.6. The molecule has 0 aliphatic heterocycles. The van der Waals surface area contributed by atoms with Crippen molar-refractivity contribution in [2.24, 2.45) is 11.0 Å². The van der Waals surface area contributed by atoms with E-state index in [1.165, 1.54) is 6.21 Å². The summed E-state index contributed by atoms with van der Waals surface area (Å²) in [5.74, 6) is -0.323. The summed E-state index contributed by atoms with van der Waals surface area (Å²) < 4.78 is 5.90. The Morgan fingerprint density at radius 2 is 1.68 bits per heavy atom. The van der Waals surface area contributed by atoms with Crippen molar-refractivity contribution in [1.29, 1.82) is 5.26 Å². The number of nitrogens with zero attached hydrogens (tertiary/aromatic N) is 2. The fourth-order valence-corrected chi connectivity index (χ4v) is 3.21. The quantitative estimate of drug-likeness (QED) is 0.376. The van der Waals surface area contributed by atoms with Gasteiger partial charge in [0.1, 0.15) is 18.4 Å². The molecule has 0 aliphatic carbocycles. The molecule has 1 unspecified atom stereocenters. The molecule has 0 heterocycles. The zero-order valence-corrected chi connectivity index (χ0v) is 19.1. The maximum absolute atomic E-state index is 12.7. The van der Waals surface area contributed by atoms with Gasteiger partial charge in [-0.1, -0.05) is 62.4 Å². The summed E-state index contributed by atoms with van der Waals surface area (Å²) in [5.41, 5.74) is 4.98. The summed E-state index contributed by atoms with van der Waals surface area (Å²) in [4.78, 5) is 25.2. The molecule has 0 aliphatic rings. The number of hydrogen-bond donors (Lipinski definition) is 2. The molecular weight excluding hydrogens is 428 g/mol. The van der Waals surface area contributed by atoms with E-state index in [0.717, 1.165) is 5.56 Å². The fraction of sp³-hybridized carbons (Fsp3) is 0.185. The number of benzene rings is 3. The summed E-state index contributed by atoms with van der Waals surface area (Å²) in [6.07, 6.45) is 1.49. The first-order valence-electron chi connectivity index (χ1n) is 10.9. The number of nitrogens with one attached hydrogen (secondary N) is 2. The summed E-state index contributed by atoms with van der Waals surface area (Å²) in [6.45, 7) is 3.92. The second-order valence-corrected chi connectivity index (χ2v) is 7.89. The number of para-hydroxylation sites is 1. The first kappa shape index (κ1) is 24.2. The van der Waals surface area contributed by atoms with Crippen LogP contribution in [-0.4, -0.2) is 24.1 Å². The van der Waals surface area contributed by atoms with E-state index in [-0.39, 0.29) is 18.4 Å². The molecule has 3 aromatic rings. The Balaban J connectivity index is 1.64. The molecule has 2 amide bonds. The van der Waals surface area contributed by atoms with E-state index in [4.69, 9.17) is 4.74 Å². The maximum atomic E-state index is 12.7. The van der Waals surface area contributed by atoms with Crippen LogP contribution < -0.4 is 15.5 Å². The van der Waals surface area contributed by atoms with Crippen LogP contribution in [0.2, 0.25) is 0 Å². The predicted molar refractivity (Wildman–Crippen MR) is 130 cm³/mol. The topological polar surface area (TPSA) is 104 Å². The molecule has 0 saturated carbocycles. The number of amides is 2. The molecule has 172 valence electrons. The van der Waals surface area contributed by atoms with E-state index in [1.54, 1.807) is 48.5 Å². The van der Waals surface area contributed by atoms with Crippen LogP contribution in [0.25, 0.3) is 0 Å². The molecular formula is C27H26N4O3. The number of carbonyl (C=O) groups is 2. The van der Waals surface area contributed by atoms with Crippen LogP contribution >= 0.6 is 0 Å². The second-order valence-electron chi connectivity index (χ2n) is 7.89. The van der Waals surface area contributed by atoms with E-state index < -0.39 is 11.9 Å². The highest BCUT2D eigenvalue weighted by Gasteiger charge is 2.24. The smallest absolute Gasteiger partial charge is 0.262 e. The van der Waals surface area contributed by atoms with Crippen LogP contribution in [0.1, 0.15) is 40.9 Å². The molecule has 7 nitrogen and oxygen atoms in total. The van der Waals surface area contributed by atoms with Gasteiger partial charge >= 0.3 is 0 Å². The Morgan fingerprint density at radius 3 is 2.41 bits per heavy atom. The third kappa shape index (κ3) is 6.53. The average molecular weight is 455 g/mol. The van der Waals surface area contributed by atoms with Gasteiger partial charge in [0.05, 0.1) is 17.8 Å². The Morgan fingerprint density at radius 1 is 1.00 bits per heavy atom. The minimum Gasteiger partial charge on any atom is -0.488 e. The fourth-order valence-electron chi connectivity index (χ4n) is 3.21. The van der Waals surface area contributed by atoms with E-state index in [2.05, 4.69) is 21.9 Å². The summed E-state index contributed by atoms with van der Waals surface area (Å²) in [5, 5.41) is 16.1. The van der Waals surface area contributed by atoms with E-state index >= 15 is 0 Å². The Labute approximate surface area is 199 Å². The minimum absolute atomic E-state index is 0.140. The zero-order valence-electron chi connectivity index (χ0n) is 19.1. The number of hydrazone groups is 1. The van der Waals surface area contributed by atoms with E-state index in [1.807, 2.05) is 44.2 Å². The largest absolute Gasteiger partial charge is 0.488 e. The van der Waals surface area contributed by atoms with Crippen molar-refractivity contribution in [3.63, 3.8) is 0 Å². The Kier molecular flexibility index (Phi) is 8.53. The third-order valence-corrected chi connectivity index (χ3v) is 5.09. The van der Waals surface area contributed by atoms with Crippen molar-refractivity contribution in [2.45, 2.75) is 26.5 Å². The van der Waals surface area contributed by atoms with Gasteiger partial charge in [0, 0.05) is 16.7 Å². The van der Waals surface area contributed by atoms with Crippen molar-refractivity contribution < 1.29 is 14.3 Å². The van der Waals surface area contributed by atoms with Gasteiger partial charge in [-0.15, -0.1) is 0 Å². The lowest BCUT2D eigenvalue weighted by molar-refractivity contribution is -0.123. The van der Waals surface area contributed by atoms with Crippen LogP contribution in [0.4, 0.5) is 0 Å². The van der Waals surface area contributed by atoms with Crippen molar-refractivity contribution in [3.05, 3.63) is 101 Å². The normalized spacial score (nSPS) is 11.6. The third-order valence-electron chi connectivity index (χ3n) is 5.09. The molecule has 0 saturated heterocycles. The molecule has 0 spiro atoms. The highest BCUT2D eigenvalue weighted by atomic mass is 16.5. The molecule has 0 radical (unpaired) electrons. The van der Waals surface area contributed by atoms with E-state index in [0.29, 0.717) is 22.4 Å². The molecule has 0 fully saturated rings. The number of ether oxygens (including phenoxy) is 1. The molecule has 3 rings (SSSR count). The highest BCUT2D eigenvalue weighted by Crippen LogP contribution is 2.19.